The molecule has 5 aromatic rings. The maximum Gasteiger partial charge on any atom is 0.135 e. The zero-order valence-corrected chi connectivity index (χ0v) is 13.3. The van der Waals surface area contributed by atoms with Crippen LogP contribution < -0.4 is 0 Å². The van der Waals surface area contributed by atoms with E-state index in [4.69, 9.17) is 4.42 Å². The van der Waals surface area contributed by atoms with Crippen molar-refractivity contribution in [3.8, 4) is 22.3 Å². The van der Waals surface area contributed by atoms with E-state index >= 15 is 0 Å². The summed E-state index contributed by atoms with van der Waals surface area (Å²) >= 11 is 0. The van der Waals surface area contributed by atoms with Crippen molar-refractivity contribution in [2.75, 3.05) is 0 Å². The fourth-order valence-electron chi connectivity index (χ4n) is 3.16. The van der Waals surface area contributed by atoms with E-state index in [9.17, 15) is 0 Å². The number of nitrogens with zero attached hydrogens (tertiary/aromatic N) is 2. The zero-order chi connectivity index (χ0) is 16.6. The second-order valence-electron chi connectivity index (χ2n) is 5.94. The Morgan fingerprint density at radius 3 is 2.04 bits per heavy atom. The van der Waals surface area contributed by atoms with Crippen molar-refractivity contribution in [1.29, 1.82) is 0 Å². The van der Waals surface area contributed by atoms with Crippen LogP contribution in [0.2, 0.25) is 0 Å². The molecule has 2 aromatic heterocycles. The monoisotopic (exact) mass is 321 g/mol. The minimum absolute atomic E-state index is 0.882. The van der Waals surface area contributed by atoms with Gasteiger partial charge in [-0.25, -0.2) is 9.97 Å². The van der Waals surface area contributed by atoms with Crippen LogP contribution in [0.15, 0.2) is 83.8 Å². The van der Waals surface area contributed by atoms with E-state index in [1.54, 1.807) is 6.33 Å². The molecule has 0 aliphatic rings. The summed E-state index contributed by atoms with van der Waals surface area (Å²) in [5.74, 6) is 0. The van der Waals surface area contributed by atoms with Crippen LogP contribution in [-0.2, 0) is 0 Å². The van der Waals surface area contributed by atoms with Crippen molar-refractivity contribution in [2.45, 2.75) is 0 Å². The van der Waals surface area contributed by atoms with Crippen molar-refractivity contribution in [2.24, 2.45) is 0 Å². The number of furan rings is 1. The molecule has 0 unspecified atom stereocenters. The number of hydrogen-bond acceptors (Lipinski definition) is 3. The summed E-state index contributed by atoms with van der Waals surface area (Å²) in [5.41, 5.74) is 6.14. The van der Waals surface area contributed by atoms with Gasteiger partial charge in [-0.2, -0.15) is 0 Å². The first-order valence-corrected chi connectivity index (χ1v) is 8.07. The molecule has 0 spiro atoms. The lowest BCUT2D eigenvalue weighted by molar-refractivity contribution is 0.669. The molecule has 0 fully saturated rings. The number of fused-ring (bicyclic) bond motifs is 3. The molecule has 0 N–H and O–H groups in total. The molecule has 0 amide bonds. The Bertz CT molecular complexity index is 1080. The maximum absolute atomic E-state index is 6.00. The lowest BCUT2D eigenvalue weighted by atomic mass is 10.0. The molecule has 3 nitrogen and oxygen atoms in total. The summed E-state index contributed by atoms with van der Waals surface area (Å²) in [4.78, 5) is 8.21. The fraction of sp³-hybridized carbons (Fsp3) is 0. The molecule has 0 aliphatic carbocycles. The zero-order valence-electron chi connectivity index (χ0n) is 13.3. The van der Waals surface area contributed by atoms with E-state index < -0.39 is 0 Å². The van der Waals surface area contributed by atoms with Crippen LogP contribution in [-0.4, -0.2) is 9.97 Å². The van der Waals surface area contributed by atoms with Gasteiger partial charge in [-0.15, -0.1) is 0 Å². The van der Waals surface area contributed by atoms with Crippen molar-refractivity contribution in [1.82, 2.24) is 9.97 Å². The third-order valence-electron chi connectivity index (χ3n) is 4.40. The normalized spacial score (nSPS) is 11.2. The number of rotatable bonds is 2. The molecule has 3 aromatic carbocycles. The Kier molecular flexibility index (Phi) is 3.10. The van der Waals surface area contributed by atoms with Crippen LogP contribution >= 0.6 is 0 Å². The average Bonchev–Trinajstić information content (AvgIpc) is 3.06. The Hall–Kier alpha value is -3.46. The van der Waals surface area contributed by atoms with Crippen LogP contribution in [0.1, 0.15) is 0 Å². The largest absolute Gasteiger partial charge is 0.456 e. The van der Waals surface area contributed by atoms with Crippen LogP contribution in [0.5, 0.6) is 0 Å². The summed E-state index contributed by atoms with van der Waals surface area (Å²) in [6, 6.07) is 23.6. The number of benzene rings is 3. The van der Waals surface area contributed by atoms with Crippen LogP contribution in [0.4, 0.5) is 0 Å². The summed E-state index contributed by atoms with van der Waals surface area (Å²) in [6.07, 6.45) is 5.18. The van der Waals surface area contributed by atoms with Gasteiger partial charge in [0.05, 0.1) is 0 Å². The van der Waals surface area contributed by atoms with Gasteiger partial charge < -0.3 is 4.42 Å². The van der Waals surface area contributed by atoms with Crippen molar-refractivity contribution in [3.05, 3.63) is 85.5 Å². The molecule has 0 saturated heterocycles. The molecule has 1 radical (unpaired) electrons. The summed E-state index contributed by atoms with van der Waals surface area (Å²) < 4.78 is 6.00. The SMILES string of the molecule is [c]1cccc(-c2ccc3oc4ccc(-c5cncnc5)cc4c3c2)c1. The highest BCUT2D eigenvalue weighted by atomic mass is 16.3. The first kappa shape index (κ1) is 13.9. The van der Waals surface area contributed by atoms with E-state index in [-0.39, 0.29) is 0 Å². The molecule has 3 heteroatoms. The van der Waals surface area contributed by atoms with Crippen molar-refractivity contribution < 1.29 is 4.42 Å². The van der Waals surface area contributed by atoms with Crippen molar-refractivity contribution in [3.63, 3.8) is 0 Å². The molecular weight excluding hydrogens is 308 g/mol. The van der Waals surface area contributed by atoms with E-state index in [1.165, 1.54) is 0 Å². The van der Waals surface area contributed by atoms with Crippen molar-refractivity contribution >= 4 is 21.9 Å². The van der Waals surface area contributed by atoms with Gasteiger partial charge in [0.2, 0.25) is 0 Å². The molecule has 25 heavy (non-hydrogen) atoms. The predicted octanol–water partition coefficient (Wildman–Crippen LogP) is 5.51. The maximum atomic E-state index is 6.00. The third kappa shape index (κ3) is 2.37. The minimum atomic E-state index is 0.882. The Morgan fingerprint density at radius 1 is 0.720 bits per heavy atom. The highest BCUT2D eigenvalue weighted by Crippen LogP contribution is 2.34. The van der Waals surface area contributed by atoms with E-state index in [1.807, 2.05) is 48.8 Å². The molecule has 0 atom stereocenters. The fourth-order valence-corrected chi connectivity index (χ4v) is 3.16. The second kappa shape index (κ2) is 5.56. The van der Waals surface area contributed by atoms with Gasteiger partial charge in [-0.1, -0.05) is 30.3 Å². The summed E-state index contributed by atoms with van der Waals surface area (Å²) in [7, 11) is 0. The van der Waals surface area contributed by atoms with Gasteiger partial charge in [0, 0.05) is 28.7 Å². The average molecular weight is 321 g/mol. The lowest BCUT2D eigenvalue weighted by Gasteiger charge is -2.02. The molecule has 0 aliphatic heterocycles. The van der Waals surface area contributed by atoms with E-state index in [0.29, 0.717) is 0 Å². The third-order valence-corrected chi connectivity index (χ3v) is 4.40. The van der Waals surface area contributed by atoms with E-state index in [0.717, 1.165) is 44.2 Å². The number of aromatic nitrogens is 2. The highest BCUT2D eigenvalue weighted by Gasteiger charge is 2.10. The summed E-state index contributed by atoms with van der Waals surface area (Å²) in [5, 5.41) is 2.20. The molecule has 117 valence electrons. The lowest BCUT2D eigenvalue weighted by Crippen LogP contribution is -1.81. The van der Waals surface area contributed by atoms with Crippen LogP contribution in [0.3, 0.4) is 0 Å². The Balaban J connectivity index is 1.73. The Labute approximate surface area is 144 Å². The van der Waals surface area contributed by atoms with Gasteiger partial charge in [0.25, 0.3) is 0 Å². The molecule has 0 saturated carbocycles. The van der Waals surface area contributed by atoms with Gasteiger partial charge >= 0.3 is 0 Å². The standard InChI is InChI=1S/C22H13N2O/c1-2-4-15(5-3-1)16-6-8-21-19(10-16)20-11-17(7-9-22(20)25-21)18-12-23-14-24-13-18/h1-2,4-14H. The van der Waals surface area contributed by atoms with Gasteiger partial charge in [0.1, 0.15) is 17.5 Å². The van der Waals surface area contributed by atoms with Crippen LogP contribution in [0, 0.1) is 6.07 Å². The molecule has 0 bridgehead atoms. The van der Waals surface area contributed by atoms with Gasteiger partial charge in [0.15, 0.2) is 0 Å². The van der Waals surface area contributed by atoms with Gasteiger partial charge in [-0.05, 0) is 53.1 Å². The molecule has 2 heterocycles. The first-order valence-electron chi connectivity index (χ1n) is 8.07. The second-order valence-corrected chi connectivity index (χ2v) is 5.94. The van der Waals surface area contributed by atoms with Crippen LogP contribution in [0.25, 0.3) is 44.2 Å². The van der Waals surface area contributed by atoms with Gasteiger partial charge in [-0.3, -0.25) is 0 Å². The predicted molar refractivity (Wildman–Crippen MR) is 99.0 cm³/mol. The number of hydrogen-bond donors (Lipinski definition) is 0. The smallest absolute Gasteiger partial charge is 0.135 e. The van der Waals surface area contributed by atoms with E-state index in [2.05, 4.69) is 40.3 Å². The topological polar surface area (TPSA) is 38.9 Å². The highest BCUT2D eigenvalue weighted by molar-refractivity contribution is 6.07. The Morgan fingerprint density at radius 2 is 1.40 bits per heavy atom. The molecular formula is C22H13N2O. The first-order chi connectivity index (χ1) is 12.4. The minimum Gasteiger partial charge on any atom is -0.456 e. The molecule has 5 rings (SSSR count). The summed E-state index contributed by atoms with van der Waals surface area (Å²) in [6.45, 7) is 0. The quantitative estimate of drug-likeness (QED) is 0.430.